The minimum atomic E-state index is 0.0141. The second-order valence-electron chi connectivity index (χ2n) is 4.65. The molecule has 0 spiro atoms. The molecule has 0 saturated heterocycles. The Labute approximate surface area is 106 Å². The van der Waals surface area contributed by atoms with Crippen molar-refractivity contribution in [2.24, 2.45) is 5.41 Å². The number of hydrogen-bond acceptors (Lipinski definition) is 2. The standard InChI is InChI=1S/C12H18ClNOS/c1-12(2,5-3-6-13)9-14-11(15)10-4-7-16-8-10/h4,7-8H,3,5-6,9H2,1-2H3,(H,14,15). The molecule has 1 aromatic rings. The normalized spacial score (nSPS) is 11.4. The zero-order chi connectivity index (χ0) is 12.0. The number of thiophene rings is 1. The van der Waals surface area contributed by atoms with Crippen molar-refractivity contribution in [1.82, 2.24) is 5.32 Å². The van der Waals surface area contributed by atoms with E-state index < -0.39 is 0 Å². The van der Waals surface area contributed by atoms with Gasteiger partial charge in [-0.3, -0.25) is 4.79 Å². The highest BCUT2D eigenvalue weighted by atomic mass is 35.5. The third-order valence-electron chi connectivity index (χ3n) is 2.50. The minimum Gasteiger partial charge on any atom is -0.351 e. The monoisotopic (exact) mass is 259 g/mol. The number of carbonyl (C=O) groups is 1. The van der Waals surface area contributed by atoms with Gasteiger partial charge in [-0.1, -0.05) is 13.8 Å². The molecule has 90 valence electrons. The summed E-state index contributed by atoms with van der Waals surface area (Å²) in [6.45, 7) is 4.99. The lowest BCUT2D eigenvalue weighted by Crippen LogP contribution is -2.33. The van der Waals surface area contributed by atoms with Crippen molar-refractivity contribution in [2.75, 3.05) is 12.4 Å². The highest BCUT2D eigenvalue weighted by molar-refractivity contribution is 7.08. The summed E-state index contributed by atoms with van der Waals surface area (Å²) in [5.74, 6) is 0.697. The fourth-order valence-corrected chi connectivity index (χ4v) is 2.22. The van der Waals surface area contributed by atoms with E-state index in [2.05, 4.69) is 19.2 Å². The molecule has 0 radical (unpaired) electrons. The van der Waals surface area contributed by atoms with Gasteiger partial charge in [-0.2, -0.15) is 11.3 Å². The Bertz CT molecular complexity index is 322. The van der Waals surface area contributed by atoms with Gasteiger partial charge >= 0.3 is 0 Å². The Hall–Kier alpha value is -0.540. The molecular weight excluding hydrogens is 242 g/mol. The number of nitrogens with one attached hydrogen (secondary N) is 1. The fraction of sp³-hybridized carbons (Fsp3) is 0.583. The van der Waals surface area contributed by atoms with E-state index in [-0.39, 0.29) is 11.3 Å². The largest absolute Gasteiger partial charge is 0.351 e. The molecule has 0 saturated carbocycles. The van der Waals surface area contributed by atoms with E-state index in [0.29, 0.717) is 12.4 Å². The van der Waals surface area contributed by atoms with E-state index in [4.69, 9.17) is 11.6 Å². The van der Waals surface area contributed by atoms with E-state index in [9.17, 15) is 4.79 Å². The maximum Gasteiger partial charge on any atom is 0.252 e. The molecule has 0 aliphatic rings. The third kappa shape index (κ3) is 4.54. The first-order valence-electron chi connectivity index (χ1n) is 5.41. The summed E-state index contributed by atoms with van der Waals surface area (Å²) in [6.07, 6.45) is 2.02. The van der Waals surface area contributed by atoms with Crippen LogP contribution in [0.25, 0.3) is 0 Å². The zero-order valence-corrected chi connectivity index (χ0v) is 11.3. The molecule has 1 rings (SSSR count). The van der Waals surface area contributed by atoms with Crippen LogP contribution in [0.15, 0.2) is 16.8 Å². The van der Waals surface area contributed by atoms with Gasteiger partial charge in [-0.25, -0.2) is 0 Å². The van der Waals surface area contributed by atoms with Crippen molar-refractivity contribution < 1.29 is 4.79 Å². The molecule has 0 aliphatic carbocycles. The molecule has 0 atom stereocenters. The first-order chi connectivity index (χ1) is 7.55. The van der Waals surface area contributed by atoms with Crippen LogP contribution in [-0.2, 0) is 0 Å². The van der Waals surface area contributed by atoms with Gasteiger partial charge in [0.2, 0.25) is 0 Å². The van der Waals surface area contributed by atoms with Crippen molar-refractivity contribution in [1.29, 1.82) is 0 Å². The Morgan fingerprint density at radius 2 is 2.31 bits per heavy atom. The highest BCUT2D eigenvalue weighted by Gasteiger charge is 2.18. The van der Waals surface area contributed by atoms with Crippen molar-refractivity contribution in [3.63, 3.8) is 0 Å². The maximum absolute atomic E-state index is 11.7. The summed E-state index contributed by atoms with van der Waals surface area (Å²) >= 11 is 7.20. The molecule has 1 amide bonds. The third-order valence-corrected chi connectivity index (χ3v) is 3.45. The molecule has 1 N–H and O–H groups in total. The zero-order valence-electron chi connectivity index (χ0n) is 9.75. The Balaban J connectivity index is 2.36. The second kappa shape index (κ2) is 6.26. The lowest BCUT2D eigenvalue weighted by Gasteiger charge is -2.24. The van der Waals surface area contributed by atoms with Gasteiger partial charge < -0.3 is 5.32 Å². The predicted molar refractivity (Wildman–Crippen MR) is 70.4 cm³/mol. The number of rotatable bonds is 6. The molecule has 1 heterocycles. The molecule has 0 aliphatic heterocycles. The molecule has 1 aromatic heterocycles. The van der Waals surface area contributed by atoms with Crippen LogP contribution in [-0.4, -0.2) is 18.3 Å². The summed E-state index contributed by atoms with van der Waals surface area (Å²) in [5, 5.41) is 6.73. The van der Waals surface area contributed by atoms with E-state index in [1.165, 1.54) is 11.3 Å². The number of amides is 1. The summed E-state index contributed by atoms with van der Waals surface area (Å²) in [4.78, 5) is 11.7. The molecule has 16 heavy (non-hydrogen) atoms. The van der Waals surface area contributed by atoms with Crippen molar-refractivity contribution in [3.8, 4) is 0 Å². The molecule has 0 unspecified atom stereocenters. The molecule has 0 fully saturated rings. The lowest BCUT2D eigenvalue weighted by molar-refractivity contribution is 0.0935. The first kappa shape index (κ1) is 13.5. The first-order valence-corrected chi connectivity index (χ1v) is 6.89. The van der Waals surface area contributed by atoms with Gasteiger partial charge in [-0.05, 0) is 29.7 Å². The van der Waals surface area contributed by atoms with Gasteiger partial charge in [0.25, 0.3) is 5.91 Å². The smallest absolute Gasteiger partial charge is 0.252 e. The predicted octanol–water partition coefficient (Wildman–Crippen LogP) is 3.52. The van der Waals surface area contributed by atoms with Gasteiger partial charge in [-0.15, -0.1) is 11.6 Å². The maximum atomic E-state index is 11.7. The number of alkyl halides is 1. The molecule has 0 bridgehead atoms. The second-order valence-corrected chi connectivity index (χ2v) is 5.81. The molecule has 0 aromatic carbocycles. The van der Waals surface area contributed by atoms with Crippen molar-refractivity contribution >= 4 is 28.8 Å². The quantitative estimate of drug-likeness (QED) is 0.778. The van der Waals surface area contributed by atoms with Gasteiger partial charge in [0.1, 0.15) is 0 Å². The number of hydrogen-bond donors (Lipinski definition) is 1. The topological polar surface area (TPSA) is 29.1 Å². The lowest BCUT2D eigenvalue weighted by atomic mass is 9.88. The van der Waals surface area contributed by atoms with Crippen LogP contribution in [0, 0.1) is 5.41 Å². The summed E-state index contributed by atoms with van der Waals surface area (Å²) in [5.41, 5.74) is 0.860. The fourth-order valence-electron chi connectivity index (χ4n) is 1.45. The molecular formula is C12H18ClNOS. The molecule has 4 heteroatoms. The van der Waals surface area contributed by atoms with E-state index in [0.717, 1.165) is 18.4 Å². The van der Waals surface area contributed by atoms with E-state index in [1.807, 2.05) is 16.8 Å². The van der Waals surface area contributed by atoms with Crippen LogP contribution in [0.2, 0.25) is 0 Å². The Kier molecular flexibility index (Phi) is 5.29. The SMILES string of the molecule is CC(C)(CCCCl)CNC(=O)c1ccsc1. The van der Waals surface area contributed by atoms with Gasteiger partial charge in [0, 0.05) is 23.4 Å². The van der Waals surface area contributed by atoms with E-state index in [1.54, 1.807) is 0 Å². The van der Waals surface area contributed by atoms with Crippen molar-refractivity contribution in [2.45, 2.75) is 26.7 Å². The van der Waals surface area contributed by atoms with Crippen LogP contribution < -0.4 is 5.32 Å². The van der Waals surface area contributed by atoms with Crippen LogP contribution >= 0.6 is 22.9 Å². The van der Waals surface area contributed by atoms with Crippen LogP contribution in [0.1, 0.15) is 37.0 Å². The van der Waals surface area contributed by atoms with Gasteiger partial charge in [0.15, 0.2) is 0 Å². The van der Waals surface area contributed by atoms with Gasteiger partial charge in [0.05, 0.1) is 0 Å². The summed E-state index contributed by atoms with van der Waals surface area (Å²) < 4.78 is 0. The molecule has 2 nitrogen and oxygen atoms in total. The summed E-state index contributed by atoms with van der Waals surface area (Å²) in [7, 11) is 0. The average Bonchev–Trinajstić information content (AvgIpc) is 2.77. The summed E-state index contributed by atoms with van der Waals surface area (Å²) in [6, 6.07) is 1.84. The Morgan fingerprint density at radius 1 is 1.56 bits per heavy atom. The van der Waals surface area contributed by atoms with Crippen molar-refractivity contribution in [3.05, 3.63) is 22.4 Å². The number of carbonyl (C=O) groups excluding carboxylic acids is 1. The average molecular weight is 260 g/mol. The highest BCUT2D eigenvalue weighted by Crippen LogP contribution is 2.21. The van der Waals surface area contributed by atoms with Crippen LogP contribution in [0.5, 0.6) is 0 Å². The van der Waals surface area contributed by atoms with E-state index >= 15 is 0 Å². The minimum absolute atomic E-state index is 0.0141. The van der Waals surface area contributed by atoms with Crippen LogP contribution in [0.3, 0.4) is 0 Å². The number of halogens is 1. The Morgan fingerprint density at radius 3 is 2.88 bits per heavy atom. The van der Waals surface area contributed by atoms with Crippen LogP contribution in [0.4, 0.5) is 0 Å².